The zero-order valence-electron chi connectivity index (χ0n) is 11.1. The van der Waals surface area contributed by atoms with E-state index in [0.29, 0.717) is 36.1 Å². The molecule has 1 heterocycles. The largest absolute Gasteiger partial charge is 0.354 e. The summed E-state index contributed by atoms with van der Waals surface area (Å²) in [6.07, 6.45) is 1.10. The lowest BCUT2D eigenvalue weighted by Gasteiger charge is -2.11. The SMILES string of the molecule is CC1(C)C(CNC(=O)[C@H]2CCC(=O)N2)C1(C)C. The Kier molecular flexibility index (Phi) is 2.71. The molecule has 2 fully saturated rings. The van der Waals surface area contributed by atoms with Gasteiger partial charge in [0, 0.05) is 13.0 Å². The van der Waals surface area contributed by atoms with Gasteiger partial charge in [0.2, 0.25) is 11.8 Å². The molecule has 1 aliphatic carbocycles. The monoisotopic (exact) mass is 238 g/mol. The van der Waals surface area contributed by atoms with Crippen molar-refractivity contribution in [3.8, 4) is 0 Å². The zero-order valence-corrected chi connectivity index (χ0v) is 11.1. The molecule has 96 valence electrons. The van der Waals surface area contributed by atoms with E-state index in [1.54, 1.807) is 0 Å². The molecule has 2 rings (SSSR count). The van der Waals surface area contributed by atoms with Crippen LogP contribution in [0, 0.1) is 16.7 Å². The van der Waals surface area contributed by atoms with E-state index in [-0.39, 0.29) is 17.9 Å². The maximum Gasteiger partial charge on any atom is 0.242 e. The summed E-state index contributed by atoms with van der Waals surface area (Å²) in [6.45, 7) is 9.66. The number of hydrogen-bond acceptors (Lipinski definition) is 2. The van der Waals surface area contributed by atoms with Crippen molar-refractivity contribution < 1.29 is 9.59 Å². The molecule has 1 aliphatic heterocycles. The Hall–Kier alpha value is -1.06. The third-order valence-corrected chi connectivity index (χ3v) is 5.11. The van der Waals surface area contributed by atoms with Crippen molar-refractivity contribution in [1.29, 1.82) is 0 Å². The Morgan fingerprint density at radius 1 is 1.35 bits per heavy atom. The quantitative estimate of drug-likeness (QED) is 0.772. The third-order valence-electron chi connectivity index (χ3n) is 5.11. The molecule has 2 N–H and O–H groups in total. The van der Waals surface area contributed by atoms with Crippen LogP contribution in [-0.4, -0.2) is 24.4 Å². The predicted molar refractivity (Wildman–Crippen MR) is 65.2 cm³/mol. The Bertz CT molecular complexity index is 346. The van der Waals surface area contributed by atoms with E-state index < -0.39 is 0 Å². The van der Waals surface area contributed by atoms with Crippen LogP contribution < -0.4 is 10.6 Å². The summed E-state index contributed by atoms with van der Waals surface area (Å²) in [5, 5.41) is 5.65. The first kappa shape index (κ1) is 12.4. The lowest BCUT2D eigenvalue weighted by molar-refractivity contribution is -0.125. The highest BCUT2D eigenvalue weighted by Gasteiger charge is 2.64. The van der Waals surface area contributed by atoms with Crippen LogP contribution in [0.4, 0.5) is 0 Å². The molecular formula is C13H22N2O2. The highest BCUT2D eigenvalue weighted by atomic mass is 16.2. The van der Waals surface area contributed by atoms with Crippen LogP contribution in [0.1, 0.15) is 40.5 Å². The van der Waals surface area contributed by atoms with Crippen molar-refractivity contribution in [3.63, 3.8) is 0 Å². The molecule has 1 saturated carbocycles. The fourth-order valence-corrected chi connectivity index (χ4v) is 2.98. The van der Waals surface area contributed by atoms with Crippen molar-refractivity contribution in [3.05, 3.63) is 0 Å². The minimum atomic E-state index is -0.313. The van der Waals surface area contributed by atoms with Gasteiger partial charge in [-0.15, -0.1) is 0 Å². The van der Waals surface area contributed by atoms with Crippen molar-refractivity contribution in [2.24, 2.45) is 16.7 Å². The van der Waals surface area contributed by atoms with E-state index in [1.807, 2.05) is 0 Å². The molecule has 4 heteroatoms. The zero-order chi connectivity index (χ0) is 12.8. The first-order chi connectivity index (χ1) is 7.76. The standard InChI is InChI=1S/C13H22N2O2/c1-12(2)9(13(12,3)4)7-14-11(17)8-5-6-10(16)15-8/h8-9H,5-7H2,1-4H3,(H,14,17)(H,15,16)/t8-/m1/s1. The molecule has 0 radical (unpaired) electrons. The van der Waals surface area contributed by atoms with Gasteiger partial charge in [-0.2, -0.15) is 0 Å². The molecule has 0 aromatic heterocycles. The van der Waals surface area contributed by atoms with E-state index in [1.165, 1.54) is 0 Å². The molecule has 0 aromatic rings. The highest BCUT2D eigenvalue weighted by molar-refractivity contribution is 5.90. The van der Waals surface area contributed by atoms with Crippen molar-refractivity contribution >= 4 is 11.8 Å². The van der Waals surface area contributed by atoms with E-state index in [9.17, 15) is 9.59 Å². The molecule has 0 spiro atoms. The topological polar surface area (TPSA) is 58.2 Å². The summed E-state index contributed by atoms with van der Waals surface area (Å²) >= 11 is 0. The van der Waals surface area contributed by atoms with Gasteiger partial charge in [0.05, 0.1) is 0 Å². The molecule has 4 nitrogen and oxygen atoms in total. The van der Waals surface area contributed by atoms with Gasteiger partial charge in [-0.05, 0) is 23.2 Å². The Labute approximate surface area is 103 Å². The van der Waals surface area contributed by atoms with Gasteiger partial charge in [0.25, 0.3) is 0 Å². The third kappa shape index (κ3) is 1.94. The Balaban J connectivity index is 1.80. The fraction of sp³-hybridized carbons (Fsp3) is 0.846. The maximum atomic E-state index is 11.8. The van der Waals surface area contributed by atoms with Crippen LogP contribution in [0.15, 0.2) is 0 Å². The van der Waals surface area contributed by atoms with Crippen LogP contribution in [0.25, 0.3) is 0 Å². The number of hydrogen-bond donors (Lipinski definition) is 2. The molecule has 0 unspecified atom stereocenters. The highest BCUT2D eigenvalue weighted by Crippen LogP contribution is 2.67. The predicted octanol–water partition coefficient (Wildman–Crippen LogP) is 1.06. The molecular weight excluding hydrogens is 216 g/mol. The van der Waals surface area contributed by atoms with Crippen LogP contribution in [0.2, 0.25) is 0 Å². The van der Waals surface area contributed by atoms with Gasteiger partial charge in [-0.3, -0.25) is 9.59 Å². The second-order valence-corrected chi connectivity index (χ2v) is 6.40. The smallest absolute Gasteiger partial charge is 0.242 e. The summed E-state index contributed by atoms with van der Waals surface area (Å²) in [7, 11) is 0. The van der Waals surface area contributed by atoms with E-state index in [0.717, 1.165) is 0 Å². The average Bonchev–Trinajstić information content (AvgIpc) is 2.55. The number of carbonyl (C=O) groups excluding carboxylic acids is 2. The number of amides is 2. The van der Waals surface area contributed by atoms with Crippen LogP contribution >= 0.6 is 0 Å². The number of nitrogens with one attached hydrogen (secondary N) is 2. The average molecular weight is 238 g/mol. The van der Waals surface area contributed by atoms with Gasteiger partial charge in [-0.1, -0.05) is 27.7 Å². The number of rotatable bonds is 3. The van der Waals surface area contributed by atoms with Crippen molar-refractivity contribution in [2.45, 2.75) is 46.6 Å². The number of carbonyl (C=O) groups is 2. The van der Waals surface area contributed by atoms with E-state index in [2.05, 4.69) is 38.3 Å². The van der Waals surface area contributed by atoms with Gasteiger partial charge in [0.1, 0.15) is 6.04 Å². The second-order valence-electron chi connectivity index (χ2n) is 6.40. The Morgan fingerprint density at radius 2 is 1.94 bits per heavy atom. The van der Waals surface area contributed by atoms with Crippen molar-refractivity contribution in [1.82, 2.24) is 10.6 Å². The van der Waals surface area contributed by atoms with Gasteiger partial charge in [-0.25, -0.2) is 0 Å². The van der Waals surface area contributed by atoms with Crippen LogP contribution in [0.5, 0.6) is 0 Å². The lowest BCUT2D eigenvalue weighted by atomic mass is 10.0. The molecule has 0 aromatic carbocycles. The molecule has 17 heavy (non-hydrogen) atoms. The molecule has 2 amide bonds. The summed E-state index contributed by atoms with van der Waals surface area (Å²) < 4.78 is 0. The normalized spacial score (nSPS) is 29.9. The molecule has 2 aliphatic rings. The second kappa shape index (κ2) is 3.72. The fourth-order valence-electron chi connectivity index (χ4n) is 2.98. The van der Waals surface area contributed by atoms with Crippen LogP contribution in [0.3, 0.4) is 0 Å². The van der Waals surface area contributed by atoms with Gasteiger partial charge in [0.15, 0.2) is 0 Å². The summed E-state index contributed by atoms with van der Waals surface area (Å²) in [5.74, 6) is 0.475. The minimum absolute atomic E-state index is 0.0165. The first-order valence-electron chi connectivity index (χ1n) is 6.34. The van der Waals surface area contributed by atoms with E-state index in [4.69, 9.17) is 0 Å². The molecule has 1 saturated heterocycles. The van der Waals surface area contributed by atoms with Gasteiger partial charge >= 0.3 is 0 Å². The minimum Gasteiger partial charge on any atom is -0.354 e. The van der Waals surface area contributed by atoms with Gasteiger partial charge < -0.3 is 10.6 Å². The van der Waals surface area contributed by atoms with E-state index >= 15 is 0 Å². The first-order valence-corrected chi connectivity index (χ1v) is 6.34. The Morgan fingerprint density at radius 3 is 2.35 bits per heavy atom. The lowest BCUT2D eigenvalue weighted by Crippen LogP contribution is -2.42. The van der Waals surface area contributed by atoms with Crippen molar-refractivity contribution in [2.75, 3.05) is 6.54 Å². The van der Waals surface area contributed by atoms with Crippen LogP contribution in [-0.2, 0) is 9.59 Å². The molecule has 1 atom stereocenters. The maximum absolute atomic E-state index is 11.8. The summed E-state index contributed by atoms with van der Waals surface area (Å²) in [4.78, 5) is 22.8. The summed E-state index contributed by atoms with van der Waals surface area (Å²) in [6, 6.07) is -0.313. The molecule has 0 bridgehead atoms. The summed E-state index contributed by atoms with van der Waals surface area (Å²) in [5.41, 5.74) is 0.582.